The molecule has 4 heteroatoms. The van der Waals surface area contributed by atoms with E-state index in [9.17, 15) is 9.59 Å². The van der Waals surface area contributed by atoms with Gasteiger partial charge in [-0.15, -0.1) is 0 Å². The third kappa shape index (κ3) is 2.46. The van der Waals surface area contributed by atoms with Gasteiger partial charge in [0.15, 0.2) is 0 Å². The zero-order chi connectivity index (χ0) is 13.9. The van der Waals surface area contributed by atoms with Crippen molar-refractivity contribution in [3.8, 4) is 0 Å². The van der Waals surface area contributed by atoms with Crippen molar-refractivity contribution < 1.29 is 14.3 Å². The van der Waals surface area contributed by atoms with E-state index in [2.05, 4.69) is 17.5 Å². The fourth-order valence-electron chi connectivity index (χ4n) is 3.15. The number of rotatable bonds is 4. The molecule has 4 nitrogen and oxygen atoms in total. The summed E-state index contributed by atoms with van der Waals surface area (Å²) >= 11 is 0. The van der Waals surface area contributed by atoms with E-state index >= 15 is 0 Å². The largest absolute Gasteiger partial charge is 0.445 e. The van der Waals surface area contributed by atoms with Gasteiger partial charge in [-0.05, 0) is 23.8 Å². The van der Waals surface area contributed by atoms with Crippen LogP contribution in [-0.2, 0) is 16.1 Å². The van der Waals surface area contributed by atoms with Crippen LogP contribution in [0.2, 0.25) is 0 Å². The minimum Gasteiger partial charge on any atom is -0.445 e. The number of hydrogen-bond donors (Lipinski definition) is 1. The van der Waals surface area contributed by atoms with E-state index in [1.165, 1.54) is 0 Å². The Kier molecular flexibility index (Phi) is 3.54. The number of fused-ring (bicyclic) bond motifs is 2. The predicted molar refractivity (Wildman–Crippen MR) is 73.8 cm³/mol. The Bertz CT molecular complexity index is 526. The van der Waals surface area contributed by atoms with Crippen LogP contribution >= 0.6 is 0 Å². The molecule has 0 aromatic heterocycles. The van der Waals surface area contributed by atoms with Gasteiger partial charge in [-0.3, -0.25) is 0 Å². The monoisotopic (exact) mass is 271 g/mol. The summed E-state index contributed by atoms with van der Waals surface area (Å²) in [5.74, 6) is 0.422. The molecule has 1 saturated carbocycles. The topological polar surface area (TPSA) is 55.4 Å². The van der Waals surface area contributed by atoms with Crippen LogP contribution in [0.15, 0.2) is 42.5 Å². The van der Waals surface area contributed by atoms with Crippen molar-refractivity contribution in [1.29, 1.82) is 0 Å². The fraction of sp³-hybridized carbons (Fsp3) is 0.375. The number of alkyl carbamates (subject to hydrolysis) is 1. The number of carbonyl (C=O) groups excluding carboxylic acids is 2. The molecule has 0 radical (unpaired) electrons. The van der Waals surface area contributed by atoms with E-state index in [0.29, 0.717) is 0 Å². The second-order valence-electron chi connectivity index (χ2n) is 5.39. The lowest BCUT2D eigenvalue weighted by molar-refractivity contribution is -0.112. The van der Waals surface area contributed by atoms with Gasteiger partial charge >= 0.3 is 6.09 Å². The molecule has 0 heterocycles. The average Bonchev–Trinajstić information content (AvgIpc) is 3.07. The van der Waals surface area contributed by atoms with Crippen LogP contribution < -0.4 is 5.32 Å². The van der Waals surface area contributed by atoms with E-state index in [1.807, 2.05) is 30.3 Å². The van der Waals surface area contributed by atoms with Gasteiger partial charge in [0.2, 0.25) is 0 Å². The lowest BCUT2D eigenvalue weighted by atomic mass is 9.90. The van der Waals surface area contributed by atoms with Crippen LogP contribution in [0.1, 0.15) is 12.0 Å². The summed E-state index contributed by atoms with van der Waals surface area (Å²) in [5.41, 5.74) is 0.947. The van der Waals surface area contributed by atoms with Crippen LogP contribution in [-0.4, -0.2) is 18.4 Å². The molecule has 104 valence electrons. The Hall–Kier alpha value is -2.10. The highest BCUT2D eigenvalue weighted by molar-refractivity contribution is 5.69. The van der Waals surface area contributed by atoms with Crippen molar-refractivity contribution in [2.45, 2.75) is 19.1 Å². The van der Waals surface area contributed by atoms with E-state index in [1.54, 1.807) is 0 Å². The smallest absolute Gasteiger partial charge is 0.407 e. The van der Waals surface area contributed by atoms with Gasteiger partial charge < -0.3 is 14.8 Å². The molecule has 1 aromatic rings. The molecule has 20 heavy (non-hydrogen) atoms. The molecule has 0 unspecified atom stereocenters. The normalized spacial score (nSPS) is 30.2. The molecule has 1 amide bonds. The first kappa shape index (κ1) is 12.9. The molecule has 3 rings (SSSR count). The fourth-order valence-corrected chi connectivity index (χ4v) is 3.15. The number of ether oxygens (including phenoxy) is 1. The molecule has 1 fully saturated rings. The van der Waals surface area contributed by atoms with Gasteiger partial charge in [0.25, 0.3) is 0 Å². The Balaban J connectivity index is 1.54. The minimum atomic E-state index is -0.452. The van der Waals surface area contributed by atoms with E-state index in [0.717, 1.165) is 18.3 Å². The van der Waals surface area contributed by atoms with Gasteiger partial charge in [0, 0.05) is 12.0 Å². The highest BCUT2D eigenvalue weighted by Crippen LogP contribution is 2.42. The van der Waals surface area contributed by atoms with Gasteiger partial charge in [-0.25, -0.2) is 4.79 Å². The van der Waals surface area contributed by atoms with E-state index in [-0.39, 0.29) is 30.4 Å². The summed E-state index contributed by atoms with van der Waals surface area (Å²) in [6.07, 6.45) is 5.62. The van der Waals surface area contributed by atoms with Crippen molar-refractivity contribution in [2.24, 2.45) is 17.8 Å². The van der Waals surface area contributed by atoms with Gasteiger partial charge in [-0.1, -0.05) is 42.5 Å². The molecule has 2 bridgehead atoms. The van der Waals surface area contributed by atoms with Crippen LogP contribution in [0, 0.1) is 17.8 Å². The van der Waals surface area contributed by atoms with Crippen molar-refractivity contribution >= 4 is 12.4 Å². The number of hydrogen-bond acceptors (Lipinski definition) is 3. The lowest BCUT2D eigenvalue weighted by Gasteiger charge is -2.24. The minimum absolute atomic E-state index is 0.116. The zero-order valence-electron chi connectivity index (χ0n) is 11.1. The predicted octanol–water partition coefficient (Wildman–Crippen LogP) is 2.30. The van der Waals surface area contributed by atoms with Crippen molar-refractivity contribution in [1.82, 2.24) is 5.32 Å². The number of allylic oxidation sites excluding steroid dienone is 1. The molecule has 1 N–H and O–H groups in total. The zero-order valence-corrected chi connectivity index (χ0v) is 11.1. The Morgan fingerprint density at radius 1 is 1.25 bits per heavy atom. The summed E-state index contributed by atoms with van der Waals surface area (Å²) in [6.45, 7) is 0.245. The summed E-state index contributed by atoms with van der Waals surface area (Å²) < 4.78 is 5.20. The Morgan fingerprint density at radius 2 is 2.00 bits per heavy atom. The molecule has 1 aromatic carbocycles. The molecule has 2 aliphatic carbocycles. The molecule has 2 aliphatic rings. The first-order valence-electron chi connectivity index (χ1n) is 6.89. The maximum atomic E-state index is 11.8. The second kappa shape index (κ2) is 5.49. The van der Waals surface area contributed by atoms with Crippen molar-refractivity contribution in [3.63, 3.8) is 0 Å². The highest BCUT2D eigenvalue weighted by atomic mass is 16.5. The number of carbonyl (C=O) groups is 2. The standard InChI is InChI=1S/C16H17NO3/c18-9-14-12-6-7-13(8-12)15(14)17-16(19)20-10-11-4-2-1-3-5-11/h1-7,9,12-15H,8,10H2,(H,17,19)/t12-,13-,14-,15-/m0/s1. The van der Waals surface area contributed by atoms with Gasteiger partial charge in [0.05, 0.1) is 0 Å². The average molecular weight is 271 g/mol. The number of nitrogens with one attached hydrogen (secondary N) is 1. The van der Waals surface area contributed by atoms with Gasteiger partial charge in [0.1, 0.15) is 12.9 Å². The maximum absolute atomic E-state index is 11.8. The van der Waals surface area contributed by atoms with Crippen LogP contribution in [0.5, 0.6) is 0 Å². The maximum Gasteiger partial charge on any atom is 0.407 e. The van der Waals surface area contributed by atoms with Crippen LogP contribution in [0.4, 0.5) is 4.79 Å². The molecule has 0 spiro atoms. The van der Waals surface area contributed by atoms with Crippen LogP contribution in [0.25, 0.3) is 0 Å². The first-order chi connectivity index (χ1) is 9.78. The molecular weight excluding hydrogens is 254 g/mol. The van der Waals surface area contributed by atoms with Crippen LogP contribution in [0.3, 0.4) is 0 Å². The summed E-state index contributed by atoms with van der Waals surface area (Å²) in [5, 5.41) is 2.84. The highest BCUT2D eigenvalue weighted by Gasteiger charge is 2.45. The molecule has 0 aliphatic heterocycles. The first-order valence-corrected chi connectivity index (χ1v) is 6.89. The summed E-state index contributed by atoms with van der Waals surface area (Å²) in [6, 6.07) is 9.41. The van der Waals surface area contributed by atoms with Crippen molar-refractivity contribution in [2.75, 3.05) is 0 Å². The number of aldehydes is 1. The quantitative estimate of drug-likeness (QED) is 0.675. The van der Waals surface area contributed by atoms with Gasteiger partial charge in [-0.2, -0.15) is 0 Å². The molecule has 4 atom stereocenters. The SMILES string of the molecule is O=C[C@@H]1[C@@H](NC(=O)OCc2ccccc2)[C@H]2C=C[C@H]1C2. The number of benzene rings is 1. The lowest BCUT2D eigenvalue weighted by Crippen LogP contribution is -2.43. The number of amides is 1. The Labute approximate surface area is 117 Å². The summed E-state index contributed by atoms with van der Waals surface area (Å²) in [4.78, 5) is 23.0. The third-order valence-electron chi connectivity index (χ3n) is 4.17. The molecular formula is C16H17NO3. The van der Waals surface area contributed by atoms with E-state index in [4.69, 9.17) is 4.74 Å². The molecule has 0 saturated heterocycles. The van der Waals surface area contributed by atoms with E-state index < -0.39 is 6.09 Å². The second-order valence-corrected chi connectivity index (χ2v) is 5.39. The third-order valence-corrected chi connectivity index (χ3v) is 4.17. The summed E-state index contributed by atoms with van der Waals surface area (Å²) in [7, 11) is 0. The van der Waals surface area contributed by atoms with Crippen molar-refractivity contribution in [3.05, 3.63) is 48.0 Å². The Morgan fingerprint density at radius 3 is 2.75 bits per heavy atom.